The smallest absolute Gasteiger partial charge is 1.00 e. The van der Waals surface area contributed by atoms with Crippen LogP contribution in [0.15, 0.2) is 28.9 Å². The molecule has 1 aromatic carbocycles. The molecule has 0 fully saturated rings. The Hall–Kier alpha value is -0.00571. The van der Waals surface area contributed by atoms with Crippen LogP contribution in [0.3, 0.4) is 0 Å². The fraction of sp³-hybridized carbons (Fsp3) is 0.583. The van der Waals surface area contributed by atoms with Crippen LogP contribution in [0.4, 0.5) is 0 Å². The molecule has 2 rings (SSSR count). The molecule has 0 amide bonds. The second-order valence-electron chi connectivity index (χ2n) is 10.0. The van der Waals surface area contributed by atoms with E-state index in [1.807, 2.05) is 0 Å². The van der Waals surface area contributed by atoms with Crippen molar-refractivity contribution in [2.24, 2.45) is 5.41 Å². The fourth-order valence-electron chi connectivity index (χ4n) is 3.86. The summed E-state index contributed by atoms with van der Waals surface area (Å²) in [6.45, 7) is 25.3. The summed E-state index contributed by atoms with van der Waals surface area (Å²) in [6, 6.07) is 8.44. The Morgan fingerprint density at radius 1 is 0.778 bits per heavy atom. The molecule has 1 radical (unpaired) electrons. The molecule has 0 heterocycles. The van der Waals surface area contributed by atoms with E-state index in [1.165, 1.54) is 39.0 Å². The Morgan fingerprint density at radius 2 is 1.26 bits per heavy atom. The van der Waals surface area contributed by atoms with Gasteiger partial charge in [0.15, 0.2) is 0 Å². The SMILES string of the molecule is CC1=C(C)C(C)(C)C(c2ccc(C(C)(C)C)[c-]c2C(C)(C)C)=C1C.[Cl-].[Cl-].[Ti+3]. The predicted octanol–water partition coefficient (Wildman–Crippen LogP) is 1.24. The van der Waals surface area contributed by atoms with Crippen molar-refractivity contribution in [2.45, 2.75) is 87.0 Å². The average Bonchev–Trinajstić information content (AvgIpc) is 2.57. The van der Waals surface area contributed by atoms with Gasteiger partial charge in [0.25, 0.3) is 0 Å². The quantitative estimate of drug-likeness (QED) is 0.454. The summed E-state index contributed by atoms with van der Waals surface area (Å²) in [5.74, 6) is 0. The van der Waals surface area contributed by atoms with E-state index in [9.17, 15) is 0 Å². The van der Waals surface area contributed by atoms with Crippen LogP contribution in [0.5, 0.6) is 0 Å². The summed E-state index contributed by atoms with van der Waals surface area (Å²) in [4.78, 5) is 0. The summed E-state index contributed by atoms with van der Waals surface area (Å²) < 4.78 is 0. The zero-order valence-electron chi connectivity index (χ0n) is 18.9. The number of allylic oxidation sites excluding steroid dienone is 4. The molecule has 0 aromatic heterocycles. The molecule has 0 N–H and O–H groups in total. The molecule has 0 nitrogen and oxygen atoms in total. The molecule has 1 aliphatic rings. The summed E-state index contributed by atoms with van der Waals surface area (Å²) in [7, 11) is 0. The first-order valence-electron chi connectivity index (χ1n) is 9.16. The van der Waals surface area contributed by atoms with Crippen molar-refractivity contribution < 1.29 is 46.5 Å². The van der Waals surface area contributed by atoms with Crippen molar-refractivity contribution in [1.29, 1.82) is 0 Å². The molecule has 149 valence electrons. The van der Waals surface area contributed by atoms with Crippen LogP contribution in [0.2, 0.25) is 0 Å². The van der Waals surface area contributed by atoms with E-state index >= 15 is 0 Å². The molecule has 0 saturated heterocycles. The number of hydrogen-bond donors (Lipinski definition) is 0. The molecule has 0 saturated carbocycles. The molecule has 0 spiro atoms. The largest absolute Gasteiger partial charge is 3.00 e. The van der Waals surface area contributed by atoms with Gasteiger partial charge in [-0.3, -0.25) is 0 Å². The minimum atomic E-state index is 0. The number of hydrogen-bond acceptors (Lipinski definition) is 0. The minimum absolute atomic E-state index is 0. The van der Waals surface area contributed by atoms with E-state index in [2.05, 4.69) is 94.4 Å². The minimum Gasteiger partial charge on any atom is -1.00 e. The Morgan fingerprint density at radius 3 is 1.59 bits per heavy atom. The number of halogens is 2. The number of rotatable bonds is 1. The van der Waals surface area contributed by atoms with Gasteiger partial charge in [-0.2, -0.15) is 23.8 Å². The van der Waals surface area contributed by atoms with Crippen molar-refractivity contribution in [1.82, 2.24) is 0 Å². The molecule has 1 aliphatic carbocycles. The van der Waals surface area contributed by atoms with Gasteiger partial charge in [-0.15, -0.1) is 11.1 Å². The van der Waals surface area contributed by atoms with E-state index in [0.717, 1.165) is 0 Å². The first-order chi connectivity index (χ1) is 10.7. The first kappa shape index (κ1) is 29.2. The third-order valence-corrected chi connectivity index (χ3v) is 5.84. The van der Waals surface area contributed by atoms with Crippen LogP contribution in [0.1, 0.15) is 92.9 Å². The van der Waals surface area contributed by atoms with Gasteiger partial charge < -0.3 is 24.8 Å². The summed E-state index contributed by atoms with van der Waals surface area (Å²) in [5.41, 5.74) is 10.2. The Balaban J connectivity index is 0. The van der Waals surface area contributed by atoms with Gasteiger partial charge in [0.05, 0.1) is 0 Å². The monoisotopic (exact) mass is 441 g/mol. The van der Waals surface area contributed by atoms with E-state index in [1.54, 1.807) is 0 Å². The second kappa shape index (κ2) is 9.21. The molecule has 27 heavy (non-hydrogen) atoms. The maximum atomic E-state index is 3.81. The van der Waals surface area contributed by atoms with Crippen LogP contribution in [-0.2, 0) is 32.5 Å². The van der Waals surface area contributed by atoms with Gasteiger partial charge in [0.1, 0.15) is 0 Å². The standard InChI is InChI=1S/C24H35.2ClH.Ti/c1-15-16(2)21(24(10,11)17(15)3)19-13-12-18(22(4,5)6)14-20(19)23(7,8)9;;;/h12-13H,1-11H3;2*1H;/q-1;;;+3/p-2. The summed E-state index contributed by atoms with van der Waals surface area (Å²) in [6.07, 6.45) is 0. The van der Waals surface area contributed by atoms with Crippen molar-refractivity contribution in [3.8, 4) is 0 Å². The summed E-state index contributed by atoms with van der Waals surface area (Å²) >= 11 is 0. The van der Waals surface area contributed by atoms with E-state index in [4.69, 9.17) is 0 Å². The van der Waals surface area contributed by atoms with Gasteiger partial charge in [-0.05, 0) is 37.2 Å². The van der Waals surface area contributed by atoms with Gasteiger partial charge in [0, 0.05) is 5.41 Å². The van der Waals surface area contributed by atoms with Crippen molar-refractivity contribution in [2.75, 3.05) is 0 Å². The maximum Gasteiger partial charge on any atom is 3.00 e. The van der Waals surface area contributed by atoms with Crippen LogP contribution < -0.4 is 24.8 Å². The fourth-order valence-corrected chi connectivity index (χ4v) is 3.86. The topological polar surface area (TPSA) is 0 Å². The number of benzene rings is 1. The third kappa shape index (κ3) is 5.33. The summed E-state index contributed by atoms with van der Waals surface area (Å²) in [5, 5.41) is 0. The second-order valence-corrected chi connectivity index (χ2v) is 10.0. The molecule has 0 bridgehead atoms. The molecule has 1 aromatic rings. The van der Waals surface area contributed by atoms with Crippen molar-refractivity contribution >= 4 is 5.57 Å². The van der Waals surface area contributed by atoms with Crippen LogP contribution in [0.25, 0.3) is 5.57 Å². The molecular formula is C24H35Cl2Ti. The maximum absolute atomic E-state index is 3.81. The third-order valence-electron chi connectivity index (χ3n) is 5.84. The molecule has 0 atom stereocenters. The van der Waals surface area contributed by atoms with Crippen LogP contribution in [0, 0.1) is 11.5 Å². The van der Waals surface area contributed by atoms with Gasteiger partial charge in [-0.25, -0.2) is 0 Å². The molecule has 0 aliphatic heterocycles. The van der Waals surface area contributed by atoms with Gasteiger partial charge in [0.2, 0.25) is 0 Å². The van der Waals surface area contributed by atoms with E-state index in [0.29, 0.717) is 0 Å². The van der Waals surface area contributed by atoms with Gasteiger partial charge >= 0.3 is 21.7 Å². The Bertz CT molecular complexity index is 739. The molecule has 0 unspecified atom stereocenters. The zero-order valence-corrected chi connectivity index (χ0v) is 22.0. The van der Waals surface area contributed by atoms with Crippen molar-refractivity contribution in [3.63, 3.8) is 0 Å². The first-order valence-corrected chi connectivity index (χ1v) is 9.16. The predicted molar refractivity (Wildman–Crippen MR) is 107 cm³/mol. The van der Waals surface area contributed by atoms with Crippen molar-refractivity contribution in [3.05, 3.63) is 51.6 Å². The molecule has 3 heteroatoms. The molecular weight excluding hydrogens is 407 g/mol. The van der Waals surface area contributed by atoms with E-state index in [-0.39, 0.29) is 62.8 Å². The average molecular weight is 442 g/mol. The normalized spacial score (nSPS) is 16.6. The van der Waals surface area contributed by atoms with E-state index < -0.39 is 0 Å². The zero-order chi connectivity index (χ0) is 18.7. The van der Waals surface area contributed by atoms with Crippen LogP contribution >= 0.6 is 0 Å². The Kier molecular flexibility index (Phi) is 9.96. The Labute approximate surface area is 195 Å². The van der Waals surface area contributed by atoms with Gasteiger partial charge in [-0.1, -0.05) is 72.1 Å². The van der Waals surface area contributed by atoms with Crippen LogP contribution in [-0.4, -0.2) is 0 Å².